The maximum atomic E-state index is 12.2. The number of rotatable bonds is 6. The van der Waals surface area contributed by atoms with Crippen LogP contribution in [0.3, 0.4) is 0 Å². The second-order valence-electron chi connectivity index (χ2n) is 5.90. The molecule has 128 valence electrons. The Balaban J connectivity index is 1.58. The van der Waals surface area contributed by atoms with E-state index >= 15 is 0 Å². The van der Waals surface area contributed by atoms with Gasteiger partial charge in [0.25, 0.3) is 0 Å². The largest absolute Gasteiger partial charge is 0.493 e. The number of hydrogen-bond acceptors (Lipinski definition) is 3. The van der Waals surface area contributed by atoms with Crippen molar-refractivity contribution in [3.8, 4) is 11.4 Å². The van der Waals surface area contributed by atoms with E-state index in [0.717, 1.165) is 22.7 Å². The van der Waals surface area contributed by atoms with Crippen LogP contribution in [-0.4, -0.2) is 22.1 Å². The molecule has 1 amide bonds. The molecule has 0 saturated carbocycles. The molecule has 0 unspecified atom stereocenters. The Hall–Kier alpha value is -3.08. The van der Waals surface area contributed by atoms with Gasteiger partial charge in [0.05, 0.1) is 30.7 Å². The van der Waals surface area contributed by atoms with Gasteiger partial charge in [0, 0.05) is 12.4 Å². The molecule has 0 atom stereocenters. The molecule has 0 fully saturated rings. The van der Waals surface area contributed by atoms with Crippen LogP contribution in [0, 0.1) is 13.8 Å². The first-order chi connectivity index (χ1) is 12.1. The van der Waals surface area contributed by atoms with E-state index in [2.05, 4.69) is 16.4 Å². The van der Waals surface area contributed by atoms with E-state index in [1.807, 2.05) is 61.0 Å². The third-order valence-electron chi connectivity index (χ3n) is 3.88. The Morgan fingerprint density at radius 1 is 1.20 bits per heavy atom. The van der Waals surface area contributed by atoms with Gasteiger partial charge in [-0.15, -0.1) is 0 Å². The summed E-state index contributed by atoms with van der Waals surface area (Å²) < 4.78 is 7.59. The Kier molecular flexibility index (Phi) is 5.14. The van der Waals surface area contributed by atoms with Gasteiger partial charge >= 0.3 is 0 Å². The van der Waals surface area contributed by atoms with E-state index < -0.39 is 0 Å². The molecule has 0 spiro atoms. The van der Waals surface area contributed by atoms with Gasteiger partial charge in [-0.1, -0.05) is 29.8 Å². The number of para-hydroxylation sites is 2. The molecular formula is C20H21N3O2. The Morgan fingerprint density at radius 3 is 2.80 bits per heavy atom. The Morgan fingerprint density at radius 2 is 2.04 bits per heavy atom. The minimum Gasteiger partial charge on any atom is -0.493 e. The highest BCUT2D eigenvalue weighted by atomic mass is 16.5. The highest BCUT2D eigenvalue weighted by Gasteiger charge is 2.08. The fourth-order valence-electron chi connectivity index (χ4n) is 2.63. The average molecular weight is 335 g/mol. The number of benzene rings is 2. The normalized spacial score (nSPS) is 10.5. The number of hydrogen-bond donors (Lipinski definition) is 1. The van der Waals surface area contributed by atoms with Crippen LogP contribution in [-0.2, 0) is 4.79 Å². The topological polar surface area (TPSA) is 56.1 Å². The van der Waals surface area contributed by atoms with Crippen LogP contribution in [0.1, 0.15) is 17.5 Å². The summed E-state index contributed by atoms with van der Waals surface area (Å²) in [6, 6.07) is 13.6. The lowest BCUT2D eigenvalue weighted by molar-refractivity contribution is -0.116. The van der Waals surface area contributed by atoms with Crippen molar-refractivity contribution >= 4 is 11.6 Å². The molecule has 1 heterocycles. The summed E-state index contributed by atoms with van der Waals surface area (Å²) in [6.45, 7) is 4.38. The van der Waals surface area contributed by atoms with E-state index in [1.54, 1.807) is 12.5 Å². The van der Waals surface area contributed by atoms with Crippen LogP contribution in [0.5, 0.6) is 5.75 Å². The molecule has 5 nitrogen and oxygen atoms in total. The van der Waals surface area contributed by atoms with Crippen LogP contribution in [0.25, 0.3) is 5.69 Å². The number of carbonyl (C=O) groups is 1. The summed E-state index contributed by atoms with van der Waals surface area (Å²) in [4.78, 5) is 16.3. The van der Waals surface area contributed by atoms with E-state index in [-0.39, 0.29) is 12.3 Å². The van der Waals surface area contributed by atoms with Crippen LogP contribution >= 0.6 is 0 Å². The van der Waals surface area contributed by atoms with Crippen LogP contribution < -0.4 is 10.1 Å². The van der Waals surface area contributed by atoms with Crippen LogP contribution in [0.15, 0.2) is 61.2 Å². The second kappa shape index (κ2) is 7.66. The van der Waals surface area contributed by atoms with E-state index in [1.165, 1.54) is 5.56 Å². The minimum absolute atomic E-state index is 0.0858. The second-order valence-corrected chi connectivity index (χ2v) is 5.90. The summed E-state index contributed by atoms with van der Waals surface area (Å²) in [5.74, 6) is 0.731. The number of nitrogens with one attached hydrogen (secondary N) is 1. The summed E-state index contributed by atoms with van der Waals surface area (Å²) in [5, 5.41) is 2.94. The first-order valence-electron chi connectivity index (χ1n) is 8.21. The average Bonchev–Trinajstić information content (AvgIpc) is 3.12. The Bertz CT molecular complexity index is 857. The fraction of sp³-hybridized carbons (Fsp3) is 0.200. The van der Waals surface area contributed by atoms with Crippen LogP contribution in [0.4, 0.5) is 5.69 Å². The maximum Gasteiger partial charge on any atom is 0.227 e. The number of imidazole rings is 1. The Labute approximate surface area is 147 Å². The maximum absolute atomic E-state index is 12.2. The number of nitrogens with zero attached hydrogens (tertiary/aromatic N) is 2. The smallest absolute Gasteiger partial charge is 0.227 e. The molecule has 0 aliphatic carbocycles. The van der Waals surface area contributed by atoms with Crippen molar-refractivity contribution in [3.63, 3.8) is 0 Å². The molecule has 5 heteroatoms. The van der Waals surface area contributed by atoms with Crippen molar-refractivity contribution in [3.05, 3.63) is 72.3 Å². The summed E-state index contributed by atoms with van der Waals surface area (Å²) >= 11 is 0. The monoisotopic (exact) mass is 335 g/mol. The van der Waals surface area contributed by atoms with E-state index in [0.29, 0.717) is 6.61 Å². The van der Waals surface area contributed by atoms with Crippen molar-refractivity contribution < 1.29 is 9.53 Å². The minimum atomic E-state index is -0.0858. The van der Waals surface area contributed by atoms with Crippen molar-refractivity contribution in [2.45, 2.75) is 20.3 Å². The molecule has 3 aromatic rings. The number of aromatic nitrogens is 2. The SMILES string of the molecule is Cc1ccc(OCCC(=O)Nc2ccccc2-n2ccnc2)c(C)c1. The van der Waals surface area contributed by atoms with Gasteiger partial charge in [-0.3, -0.25) is 4.79 Å². The van der Waals surface area contributed by atoms with E-state index in [4.69, 9.17) is 4.74 Å². The zero-order valence-electron chi connectivity index (χ0n) is 14.4. The lowest BCUT2D eigenvalue weighted by Crippen LogP contribution is -2.16. The molecule has 1 aromatic heterocycles. The lowest BCUT2D eigenvalue weighted by atomic mass is 10.1. The number of carbonyl (C=O) groups excluding carboxylic acids is 1. The van der Waals surface area contributed by atoms with Crippen molar-refractivity contribution in [1.29, 1.82) is 0 Å². The third kappa shape index (κ3) is 4.26. The third-order valence-corrected chi connectivity index (χ3v) is 3.88. The number of anilines is 1. The summed E-state index contributed by atoms with van der Waals surface area (Å²) in [6.07, 6.45) is 5.53. The first kappa shape index (κ1) is 16.8. The molecule has 2 aromatic carbocycles. The lowest BCUT2D eigenvalue weighted by Gasteiger charge is -2.12. The highest BCUT2D eigenvalue weighted by molar-refractivity contribution is 5.92. The molecule has 0 bridgehead atoms. The van der Waals surface area contributed by atoms with Gasteiger partial charge in [-0.25, -0.2) is 4.98 Å². The highest BCUT2D eigenvalue weighted by Crippen LogP contribution is 2.21. The van der Waals surface area contributed by atoms with Gasteiger partial charge in [0.2, 0.25) is 5.91 Å². The molecule has 3 rings (SSSR count). The predicted octanol–water partition coefficient (Wildman–Crippen LogP) is 3.90. The fourth-order valence-corrected chi connectivity index (χ4v) is 2.63. The zero-order valence-corrected chi connectivity index (χ0v) is 14.4. The van der Waals surface area contributed by atoms with Gasteiger partial charge in [0.1, 0.15) is 5.75 Å². The molecule has 1 N–H and O–H groups in total. The molecule has 0 radical (unpaired) electrons. The summed E-state index contributed by atoms with van der Waals surface area (Å²) in [7, 11) is 0. The van der Waals surface area contributed by atoms with Crippen molar-refractivity contribution in [2.24, 2.45) is 0 Å². The van der Waals surface area contributed by atoms with Gasteiger partial charge in [0.15, 0.2) is 0 Å². The molecule has 0 aliphatic rings. The molecular weight excluding hydrogens is 314 g/mol. The molecule has 0 saturated heterocycles. The quantitative estimate of drug-likeness (QED) is 0.743. The van der Waals surface area contributed by atoms with Crippen LogP contribution in [0.2, 0.25) is 0 Å². The number of aryl methyl sites for hydroxylation is 2. The summed E-state index contributed by atoms with van der Waals surface area (Å²) in [5.41, 5.74) is 3.89. The van der Waals surface area contributed by atoms with Gasteiger partial charge in [-0.2, -0.15) is 0 Å². The van der Waals surface area contributed by atoms with Crippen molar-refractivity contribution in [1.82, 2.24) is 9.55 Å². The van der Waals surface area contributed by atoms with E-state index in [9.17, 15) is 4.79 Å². The van der Waals surface area contributed by atoms with Gasteiger partial charge < -0.3 is 14.6 Å². The zero-order chi connectivity index (χ0) is 17.6. The van der Waals surface area contributed by atoms with Crippen molar-refractivity contribution in [2.75, 3.05) is 11.9 Å². The molecule has 25 heavy (non-hydrogen) atoms. The predicted molar refractivity (Wildman–Crippen MR) is 98.2 cm³/mol. The number of ether oxygens (including phenoxy) is 1. The van der Waals surface area contributed by atoms with Gasteiger partial charge in [-0.05, 0) is 37.6 Å². The standard InChI is InChI=1S/C20H21N3O2/c1-15-7-8-19(16(2)13-15)25-12-9-20(24)22-17-5-3-4-6-18(17)23-11-10-21-14-23/h3-8,10-11,13-14H,9,12H2,1-2H3,(H,22,24). The number of amides is 1. The first-order valence-corrected chi connectivity index (χ1v) is 8.21. The molecule has 0 aliphatic heterocycles.